The molecule has 1 fully saturated rings. The Kier molecular flexibility index (Phi) is 3.65. The van der Waals surface area contributed by atoms with Crippen molar-refractivity contribution in [3.8, 4) is 0 Å². The van der Waals surface area contributed by atoms with Crippen molar-refractivity contribution >= 4 is 11.8 Å². The van der Waals surface area contributed by atoms with Gasteiger partial charge in [-0.3, -0.25) is 9.59 Å². The van der Waals surface area contributed by atoms with Crippen LogP contribution in [0.1, 0.15) is 24.0 Å². The Labute approximate surface area is 107 Å². The monoisotopic (exact) mass is 246 g/mol. The predicted molar refractivity (Wildman–Crippen MR) is 68.8 cm³/mol. The Bertz CT molecular complexity index is 453. The standard InChI is InChI=1S/C14H18N2O2/c1-10-3-5-11(6-4-10)9-16-12(14(18)15-2)7-8-13(16)17/h3-6,12H,7-9H2,1-2H3,(H,15,18)/t12-/m1/s1. The van der Waals surface area contributed by atoms with Crippen molar-refractivity contribution < 1.29 is 9.59 Å². The summed E-state index contributed by atoms with van der Waals surface area (Å²) in [6.07, 6.45) is 1.08. The highest BCUT2D eigenvalue weighted by Gasteiger charge is 2.35. The lowest BCUT2D eigenvalue weighted by atomic mass is 10.1. The van der Waals surface area contributed by atoms with Gasteiger partial charge in [-0.05, 0) is 18.9 Å². The molecule has 1 aromatic rings. The highest BCUT2D eigenvalue weighted by Crippen LogP contribution is 2.21. The quantitative estimate of drug-likeness (QED) is 0.872. The summed E-state index contributed by atoms with van der Waals surface area (Å²) in [4.78, 5) is 25.2. The van der Waals surface area contributed by atoms with E-state index in [1.807, 2.05) is 31.2 Å². The first kappa shape index (κ1) is 12.6. The first-order valence-electron chi connectivity index (χ1n) is 6.18. The molecule has 96 valence electrons. The molecule has 0 aliphatic carbocycles. The van der Waals surface area contributed by atoms with E-state index in [4.69, 9.17) is 0 Å². The van der Waals surface area contributed by atoms with Gasteiger partial charge in [0.15, 0.2) is 0 Å². The van der Waals surface area contributed by atoms with Gasteiger partial charge < -0.3 is 10.2 Å². The van der Waals surface area contributed by atoms with Crippen LogP contribution < -0.4 is 5.32 Å². The molecule has 18 heavy (non-hydrogen) atoms. The molecule has 1 atom stereocenters. The molecule has 4 heteroatoms. The van der Waals surface area contributed by atoms with Gasteiger partial charge in [-0.2, -0.15) is 0 Å². The summed E-state index contributed by atoms with van der Waals surface area (Å²) in [6.45, 7) is 2.54. The van der Waals surface area contributed by atoms with Crippen LogP contribution in [0.3, 0.4) is 0 Å². The molecule has 0 saturated carbocycles. The number of hydrogen-bond donors (Lipinski definition) is 1. The fourth-order valence-electron chi connectivity index (χ4n) is 2.26. The number of nitrogens with one attached hydrogen (secondary N) is 1. The minimum atomic E-state index is -0.316. The molecule has 4 nitrogen and oxygen atoms in total. The molecule has 2 rings (SSSR count). The minimum Gasteiger partial charge on any atom is -0.357 e. The zero-order valence-corrected chi connectivity index (χ0v) is 10.8. The second kappa shape index (κ2) is 5.21. The second-order valence-electron chi connectivity index (χ2n) is 4.68. The summed E-state index contributed by atoms with van der Waals surface area (Å²) in [7, 11) is 1.61. The zero-order valence-electron chi connectivity index (χ0n) is 10.8. The van der Waals surface area contributed by atoms with Gasteiger partial charge in [0.25, 0.3) is 0 Å². The summed E-state index contributed by atoms with van der Waals surface area (Å²) in [6, 6.07) is 7.72. The van der Waals surface area contributed by atoms with Gasteiger partial charge in [-0.15, -0.1) is 0 Å². The number of carbonyl (C=O) groups excluding carboxylic acids is 2. The molecule has 1 heterocycles. The maximum atomic E-state index is 11.8. The fraction of sp³-hybridized carbons (Fsp3) is 0.429. The van der Waals surface area contributed by atoms with Crippen molar-refractivity contribution in [3.05, 3.63) is 35.4 Å². The summed E-state index contributed by atoms with van der Waals surface area (Å²) in [5.41, 5.74) is 2.25. The van der Waals surface area contributed by atoms with Crippen molar-refractivity contribution in [3.63, 3.8) is 0 Å². The predicted octanol–water partition coefficient (Wildman–Crippen LogP) is 1.23. The molecule has 1 aliphatic heterocycles. The number of aryl methyl sites for hydroxylation is 1. The van der Waals surface area contributed by atoms with Gasteiger partial charge in [-0.25, -0.2) is 0 Å². The van der Waals surface area contributed by atoms with Crippen molar-refractivity contribution in [2.24, 2.45) is 0 Å². The van der Waals surface area contributed by atoms with Crippen LogP contribution in [0.4, 0.5) is 0 Å². The second-order valence-corrected chi connectivity index (χ2v) is 4.68. The van der Waals surface area contributed by atoms with Crippen LogP contribution in [0.25, 0.3) is 0 Å². The van der Waals surface area contributed by atoms with Crippen LogP contribution >= 0.6 is 0 Å². The highest BCUT2D eigenvalue weighted by atomic mass is 16.2. The van der Waals surface area contributed by atoms with Gasteiger partial charge in [0.2, 0.25) is 11.8 Å². The van der Waals surface area contributed by atoms with Crippen molar-refractivity contribution in [1.82, 2.24) is 10.2 Å². The Balaban J connectivity index is 2.12. The lowest BCUT2D eigenvalue weighted by Crippen LogP contribution is -2.43. The van der Waals surface area contributed by atoms with Gasteiger partial charge >= 0.3 is 0 Å². The Morgan fingerprint density at radius 1 is 1.39 bits per heavy atom. The molecular weight excluding hydrogens is 228 g/mol. The molecule has 1 saturated heterocycles. The van der Waals surface area contributed by atoms with E-state index in [-0.39, 0.29) is 17.9 Å². The molecule has 0 spiro atoms. The average molecular weight is 246 g/mol. The molecule has 1 aromatic carbocycles. The molecular formula is C14H18N2O2. The first-order chi connectivity index (χ1) is 8.61. The first-order valence-corrected chi connectivity index (χ1v) is 6.18. The van der Waals surface area contributed by atoms with E-state index in [9.17, 15) is 9.59 Å². The third kappa shape index (κ3) is 2.53. The number of rotatable bonds is 3. The van der Waals surface area contributed by atoms with Gasteiger partial charge in [0.05, 0.1) is 0 Å². The normalized spacial score (nSPS) is 19.1. The van der Waals surface area contributed by atoms with E-state index in [0.29, 0.717) is 19.4 Å². The van der Waals surface area contributed by atoms with Crippen LogP contribution in [-0.4, -0.2) is 29.8 Å². The number of likely N-dealkylation sites (N-methyl/N-ethyl adjacent to an activating group) is 1. The van der Waals surface area contributed by atoms with E-state index >= 15 is 0 Å². The highest BCUT2D eigenvalue weighted by molar-refractivity contribution is 5.90. The zero-order chi connectivity index (χ0) is 13.1. The SMILES string of the molecule is CNC(=O)[C@H]1CCC(=O)N1Cc1ccc(C)cc1. The van der Waals surface area contributed by atoms with Crippen LogP contribution in [0.5, 0.6) is 0 Å². The topological polar surface area (TPSA) is 49.4 Å². The smallest absolute Gasteiger partial charge is 0.242 e. The number of amides is 2. The molecule has 0 radical (unpaired) electrons. The minimum absolute atomic E-state index is 0.0594. The van der Waals surface area contributed by atoms with E-state index < -0.39 is 0 Å². The maximum absolute atomic E-state index is 11.8. The fourth-order valence-corrected chi connectivity index (χ4v) is 2.26. The Hall–Kier alpha value is -1.84. The van der Waals surface area contributed by atoms with Crippen LogP contribution in [0.15, 0.2) is 24.3 Å². The Morgan fingerprint density at radius 2 is 2.06 bits per heavy atom. The van der Waals surface area contributed by atoms with Crippen LogP contribution in [0.2, 0.25) is 0 Å². The molecule has 0 aromatic heterocycles. The third-order valence-electron chi connectivity index (χ3n) is 3.35. The summed E-state index contributed by atoms with van der Waals surface area (Å²) in [5, 5.41) is 2.62. The number of nitrogens with zero attached hydrogens (tertiary/aromatic N) is 1. The summed E-state index contributed by atoms with van der Waals surface area (Å²) in [5.74, 6) is -0.0165. The molecule has 0 unspecified atom stereocenters. The number of likely N-dealkylation sites (tertiary alicyclic amines) is 1. The van der Waals surface area contributed by atoms with Crippen molar-refractivity contribution in [1.29, 1.82) is 0 Å². The third-order valence-corrected chi connectivity index (χ3v) is 3.35. The van der Waals surface area contributed by atoms with E-state index in [1.54, 1.807) is 11.9 Å². The van der Waals surface area contributed by atoms with E-state index in [0.717, 1.165) is 5.56 Å². The van der Waals surface area contributed by atoms with Gasteiger partial charge in [0, 0.05) is 20.0 Å². The van der Waals surface area contributed by atoms with E-state index in [1.165, 1.54) is 5.56 Å². The molecule has 1 N–H and O–H groups in total. The number of carbonyl (C=O) groups is 2. The van der Waals surface area contributed by atoms with Crippen molar-refractivity contribution in [2.75, 3.05) is 7.05 Å². The number of benzene rings is 1. The maximum Gasteiger partial charge on any atom is 0.242 e. The Morgan fingerprint density at radius 3 is 2.67 bits per heavy atom. The molecule has 1 aliphatic rings. The van der Waals surface area contributed by atoms with Crippen LogP contribution in [0, 0.1) is 6.92 Å². The van der Waals surface area contributed by atoms with Gasteiger partial charge in [0.1, 0.15) is 6.04 Å². The van der Waals surface area contributed by atoms with E-state index in [2.05, 4.69) is 5.32 Å². The molecule has 0 bridgehead atoms. The lowest BCUT2D eigenvalue weighted by molar-refractivity contribution is -0.135. The number of hydrogen-bond acceptors (Lipinski definition) is 2. The summed E-state index contributed by atoms with van der Waals surface area (Å²) >= 11 is 0. The largest absolute Gasteiger partial charge is 0.357 e. The van der Waals surface area contributed by atoms with Gasteiger partial charge in [-0.1, -0.05) is 29.8 Å². The van der Waals surface area contributed by atoms with Crippen LogP contribution in [-0.2, 0) is 16.1 Å². The average Bonchev–Trinajstić information content (AvgIpc) is 2.73. The van der Waals surface area contributed by atoms with Crippen molar-refractivity contribution in [2.45, 2.75) is 32.4 Å². The molecule has 2 amide bonds. The summed E-state index contributed by atoms with van der Waals surface area (Å²) < 4.78 is 0. The lowest BCUT2D eigenvalue weighted by Gasteiger charge is -2.23.